The Morgan fingerprint density at radius 1 is 1.40 bits per heavy atom. The minimum atomic E-state index is 0.295. The molecule has 0 aliphatic carbocycles. The van der Waals surface area contributed by atoms with Crippen molar-refractivity contribution in [2.24, 2.45) is 0 Å². The second kappa shape index (κ2) is 5.33. The molecule has 1 aromatic heterocycles. The zero-order valence-electron chi connectivity index (χ0n) is 9.24. The van der Waals surface area contributed by atoms with Crippen LogP contribution in [0.3, 0.4) is 0 Å². The molecular weight excluding hydrogens is 190 g/mol. The second-order valence-electron chi connectivity index (χ2n) is 4.14. The Labute approximate surface area is 90.8 Å². The molecule has 1 aromatic rings. The average Bonchev–Trinajstić information content (AvgIpc) is 2.65. The standard InChI is InChI=1S/C12H19NO2/c1-10(12-5-3-8-15-12)13-11-4-2-7-14-9-6-11/h3,5,8,10-11,13H,2,4,6-7,9H2,1H3/t10-,11?/m1/s1. The minimum absolute atomic E-state index is 0.295. The summed E-state index contributed by atoms with van der Waals surface area (Å²) in [5.41, 5.74) is 0. The quantitative estimate of drug-likeness (QED) is 0.830. The largest absolute Gasteiger partial charge is 0.468 e. The highest BCUT2D eigenvalue weighted by Crippen LogP contribution is 2.16. The van der Waals surface area contributed by atoms with Crippen molar-refractivity contribution in [3.63, 3.8) is 0 Å². The summed E-state index contributed by atoms with van der Waals surface area (Å²) >= 11 is 0. The van der Waals surface area contributed by atoms with Gasteiger partial charge in [0.1, 0.15) is 5.76 Å². The van der Waals surface area contributed by atoms with E-state index in [4.69, 9.17) is 9.15 Å². The van der Waals surface area contributed by atoms with Crippen molar-refractivity contribution in [2.45, 2.75) is 38.3 Å². The van der Waals surface area contributed by atoms with E-state index in [1.165, 1.54) is 6.42 Å². The third kappa shape index (κ3) is 3.08. The molecule has 1 saturated heterocycles. The van der Waals surface area contributed by atoms with Crippen molar-refractivity contribution in [3.8, 4) is 0 Å². The van der Waals surface area contributed by atoms with E-state index < -0.39 is 0 Å². The minimum Gasteiger partial charge on any atom is -0.468 e. The van der Waals surface area contributed by atoms with Crippen LogP contribution in [0.1, 0.15) is 38.0 Å². The Morgan fingerprint density at radius 3 is 3.13 bits per heavy atom. The molecule has 15 heavy (non-hydrogen) atoms. The Morgan fingerprint density at radius 2 is 2.33 bits per heavy atom. The van der Waals surface area contributed by atoms with Gasteiger partial charge in [-0.05, 0) is 38.3 Å². The number of rotatable bonds is 3. The van der Waals surface area contributed by atoms with Gasteiger partial charge in [-0.3, -0.25) is 0 Å². The maximum atomic E-state index is 5.43. The fourth-order valence-corrected chi connectivity index (χ4v) is 2.04. The summed E-state index contributed by atoms with van der Waals surface area (Å²) in [5, 5.41) is 3.59. The zero-order valence-corrected chi connectivity index (χ0v) is 9.24. The van der Waals surface area contributed by atoms with Gasteiger partial charge in [0.25, 0.3) is 0 Å². The summed E-state index contributed by atoms with van der Waals surface area (Å²) in [7, 11) is 0. The van der Waals surface area contributed by atoms with Gasteiger partial charge in [0.2, 0.25) is 0 Å². The number of nitrogens with one attached hydrogen (secondary N) is 1. The predicted molar refractivity (Wildman–Crippen MR) is 58.7 cm³/mol. The molecule has 0 saturated carbocycles. The van der Waals surface area contributed by atoms with Gasteiger partial charge in [-0.2, -0.15) is 0 Å². The summed E-state index contributed by atoms with van der Waals surface area (Å²) in [6.45, 7) is 3.93. The first-order chi connectivity index (χ1) is 7.36. The SMILES string of the molecule is C[C@@H](NC1CCCOCC1)c1ccco1. The van der Waals surface area contributed by atoms with Crippen LogP contribution in [0.15, 0.2) is 22.8 Å². The maximum absolute atomic E-state index is 5.43. The predicted octanol–water partition coefficient (Wildman–Crippen LogP) is 2.50. The van der Waals surface area contributed by atoms with Crippen LogP contribution in [0, 0.1) is 0 Å². The van der Waals surface area contributed by atoms with E-state index >= 15 is 0 Å². The molecule has 3 heteroatoms. The fraction of sp³-hybridized carbons (Fsp3) is 0.667. The van der Waals surface area contributed by atoms with Gasteiger partial charge in [-0.1, -0.05) is 0 Å². The number of ether oxygens (including phenoxy) is 1. The van der Waals surface area contributed by atoms with E-state index in [0.717, 1.165) is 31.8 Å². The summed E-state index contributed by atoms with van der Waals surface area (Å²) in [4.78, 5) is 0. The van der Waals surface area contributed by atoms with Crippen LogP contribution in [-0.4, -0.2) is 19.3 Å². The lowest BCUT2D eigenvalue weighted by molar-refractivity contribution is 0.142. The molecule has 1 fully saturated rings. The van der Waals surface area contributed by atoms with Gasteiger partial charge in [-0.25, -0.2) is 0 Å². The smallest absolute Gasteiger partial charge is 0.120 e. The van der Waals surface area contributed by atoms with E-state index in [9.17, 15) is 0 Å². The molecule has 0 radical (unpaired) electrons. The molecule has 1 aliphatic rings. The highest BCUT2D eigenvalue weighted by molar-refractivity contribution is 5.03. The Bertz CT molecular complexity index is 263. The van der Waals surface area contributed by atoms with Gasteiger partial charge >= 0.3 is 0 Å². The maximum Gasteiger partial charge on any atom is 0.120 e. The molecule has 3 nitrogen and oxygen atoms in total. The first-order valence-corrected chi connectivity index (χ1v) is 5.73. The van der Waals surface area contributed by atoms with Crippen molar-refractivity contribution in [3.05, 3.63) is 24.2 Å². The van der Waals surface area contributed by atoms with Crippen molar-refractivity contribution in [1.29, 1.82) is 0 Å². The summed E-state index contributed by atoms with van der Waals surface area (Å²) < 4.78 is 10.8. The number of hydrogen-bond donors (Lipinski definition) is 1. The Kier molecular flexibility index (Phi) is 3.80. The lowest BCUT2D eigenvalue weighted by Gasteiger charge is -2.20. The third-order valence-corrected chi connectivity index (χ3v) is 2.91. The Balaban J connectivity index is 1.84. The van der Waals surface area contributed by atoms with E-state index in [0.29, 0.717) is 12.1 Å². The van der Waals surface area contributed by atoms with Crippen LogP contribution in [0.2, 0.25) is 0 Å². The highest BCUT2D eigenvalue weighted by Gasteiger charge is 2.16. The molecule has 2 rings (SSSR count). The molecule has 0 aromatic carbocycles. The van der Waals surface area contributed by atoms with Gasteiger partial charge in [0, 0.05) is 19.3 Å². The topological polar surface area (TPSA) is 34.4 Å². The lowest BCUT2D eigenvalue weighted by atomic mass is 10.1. The van der Waals surface area contributed by atoms with Gasteiger partial charge in [0.05, 0.1) is 12.3 Å². The van der Waals surface area contributed by atoms with Crippen LogP contribution in [0.25, 0.3) is 0 Å². The van der Waals surface area contributed by atoms with Crippen molar-refractivity contribution in [2.75, 3.05) is 13.2 Å². The van der Waals surface area contributed by atoms with E-state index in [1.54, 1.807) is 6.26 Å². The monoisotopic (exact) mass is 209 g/mol. The molecule has 0 spiro atoms. The van der Waals surface area contributed by atoms with Crippen LogP contribution in [-0.2, 0) is 4.74 Å². The van der Waals surface area contributed by atoms with Crippen molar-refractivity contribution >= 4 is 0 Å². The van der Waals surface area contributed by atoms with Crippen molar-refractivity contribution in [1.82, 2.24) is 5.32 Å². The van der Waals surface area contributed by atoms with Crippen molar-refractivity contribution < 1.29 is 9.15 Å². The van der Waals surface area contributed by atoms with Gasteiger partial charge in [0.15, 0.2) is 0 Å². The number of hydrogen-bond acceptors (Lipinski definition) is 3. The summed E-state index contributed by atoms with van der Waals surface area (Å²) in [6.07, 6.45) is 5.18. The van der Waals surface area contributed by atoms with E-state index in [1.807, 2.05) is 12.1 Å². The molecule has 0 amide bonds. The van der Waals surface area contributed by atoms with Crippen LogP contribution in [0.4, 0.5) is 0 Å². The first-order valence-electron chi connectivity index (χ1n) is 5.73. The highest BCUT2D eigenvalue weighted by atomic mass is 16.5. The van der Waals surface area contributed by atoms with Crippen LogP contribution in [0.5, 0.6) is 0 Å². The number of furan rings is 1. The molecule has 84 valence electrons. The van der Waals surface area contributed by atoms with Crippen LogP contribution >= 0.6 is 0 Å². The van der Waals surface area contributed by atoms with E-state index in [-0.39, 0.29) is 0 Å². The van der Waals surface area contributed by atoms with Gasteiger partial charge < -0.3 is 14.5 Å². The molecule has 2 atom stereocenters. The Hall–Kier alpha value is -0.800. The molecular formula is C12H19NO2. The molecule has 1 aliphatic heterocycles. The van der Waals surface area contributed by atoms with E-state index in [2.05, 4.69) is 12.2 Å². The zero-order chi connectivity index (χ0) is 10.5. The molecule has 1 N–H and O–H groups in total. The van der Waals surface area contributed by atoms with Crippen LogP contribution < -0.4 is 5.32 Å². The third-order valence-electron chi connectivity index (χ3n) is 2.91. The summed E-state index contributed by atoms with van der Waals surface area (Å²) in [5.74, 6) is 1.01. The normalized spacial score (nSPS) is 24.7. The molecule has 0 bridgehead atoms. The lowest BCUT2D eigenvalue weighted by Crippen LogP contribution is -2.31. The molecule has 1 unspecified atom stereocenters. The average molecular weight is 209 g/mol. The first kappa shape index (κ1) is 10.7. The summed E-state index contributed by atoms with van der Waals surface area (Å²) in [6, 6.07) is 4.81. The second-order valence-corrected chi connectivity index (χ2v) is 4.14. The van der Waals surface area contributed by atoms with Gasteiger partial charge in [-0.15, -0.1) is 0 Å². The molecule has 2 heterocycles. The fourth-order valence-electron chi connectivity index (χ4n) is 2.04.